The van der Waals surface area contributed by atoms with Crippen molar-refractivity contribution in [3.05, 3.63) is 70.8 Å². The SMILES string of the molecule is CC(C)c1ccc(C=NN=C(N)C(N)=NN=Cc2ccc(C(C)C)cc2)cc1. The summed E-state index contributed by atoms with van der Waals surface area (Å²) >= 11 is 0. The van der Waals surface area contributed by atoms with E-state index in [0.717, 1.165) is 11.1 Å². The molecule has 2 aromatic rings. The Morgan fingerprint density at radius 2 is 0.964 bits per heavy atom. The molecule has 0 unspecified atom stereocenters. The quantitative estimate of drug-likeness (QED) is 0.452. The molecule has 0 aliphatic carbocycles. The average molecular weight is 377 g/mol. The van der Waals surface area contributed by atoms with Gasteiger partial charge in [-0.3, -0.25) is 0 Å². The van der Waals surface area contributed by atoms with Crippen LogP contribution < -0.4 is 11.5 Å². The Kier molecular flexibility index (Phi) is 7.63. The van der Waals surface area contributed by atoms with Crippen LogP contribution in [0.25, 0.3) is 0 Å². The maximum Gasteiger partial charge on any atom is 0.190 e. The molecule has 0 heterocycles. The molecule has 146 valence electrons. The molecule has 0 fully saturated rings. The summed E-state index contributed by atoms with van der Waals surface area (Å²) in [6.45, 7) is 8.61. The van der Waals surface area contributed by atoms with Crippen molar-refractivity contribution in [1.82, 2.24) is 0 Å². The molecule has 0 amide bonds. The van der Waals surface area contributed by atoms with E-state index in [2.05, 4.69) is 72.4 Å². The van der Waals surface area contributed by atoms with Gasteiger partial charge in [0.2, 0.25) is 0 Å². The first-order chi connectivity index (χ1) is 13.4. The highest BCUT2D eigenvalue weighted by molar-refractivity contribution is 6.39. The second-order valence-electron chi connectivity index (χ2n) is 7.10. The van der Waals surface area contributed by atoms with Crippen LogP contribution in [-0.2, 0) is 0 Å². The third-order valence-electron chi connectivity index (χ3n) is 4.21. The van der Waals surface area contributed by atoms with Gasteiger partial charge < -0.3 is 11.5 Å². The van der Waals surface area contributed by atoms with Crippen molar-refractivity contribution in [2.24, 2.45) is 31.9 Å². The van der Waals surface area contributed by atoms with E-state index in [-0.39, 0.29) is 11.7 Å². The number of rotatable bonds is 6. The topological polar surface area (TPSA) is 101 Å². The smallest absolute Gasteiger partial charge is 0.190 e. The van der Waals surface area contributed by atoms with Gasteiger partial charge in [-0.15, -0.1) is 10.2 Å². The van der Waals surface area contributed by atoms with Gasteiger partial charge in [0.05, 0.1) is 12.4 Å². The van der Waals surface area contributed by atoms with Crippen molar-refractivity contribution in [2.75, 3.05) is 0 Å². The van der Waals surface area contributed by atoms with Crippen LogP contribution >= 0.6 is 0 Å². The van der Waals surface area contributed by atoms with E-state index >= 15 is 0 Å². The van der Waals surface area contributed by atoms with Crippen LogP contribution in [0.5, 0.6) is 0 Å². The Morgan fingerprint density at radius 3 is 1.25 bits per heavy atom. The molecule has 28 heavy (non-hydrogen) atoms. The van der Waals surface area contributed by atoms with Crippen molar-refractivity contribution >= 4 is 24.1 Å². The fourth-order valence-corrected chi connectivity index (χ4v) is 2.35. The van der Waals surface area contributed by atoms with Crippen molar-refractivity contribution in [1.29, 1.82) is 0 Å². The highest BCUT2D eigenvalue weighted by atomic mass is 15.3. The molecular weight excluding hydrogens is 348 g/mol. The van der Waals surface area contributed by atoms with E-state index in [1.807, 2.05) is 24.3 Å². The highest BCUT2D eigenvalue weighted by Gasteiger charge is 2.00. The van der Waals surface area contributed by atoms with Crippen LogP contribution in [0.2, 0.25) is 0 Å². The molecule has 0 atom stereocenters. The summed E-state index contributed by atoms with van der Waals surface area (Å²) in [7, 11) is 0. The van der Waals surface area contributed by atoms with Gasteiger partial charge in [0, 0.05) is 0 Å². The second-order valence-corrected chi connectivity index (χ2v) is 7.10. The Bertz CT molecular complexity index is 797. The molecule has 0 saturated heterocycles. The van der Waals surface area contributed by atoms with E-state index in [0.29, 0.717) is 11.8 Å². The minimum atomic E-state index is 0.0161. The number of hydrogen-bond acceptors (Lipinski definition) is 4. The summed E-state index contributed by atoms with van der Waals surface area (Å²) in [4.78, 5) is 0. The molecule has 6 nitrogen and oxygen atoms in total. The van der Waals surface area contributed by atoms with E-state index in [4.69, 9.17) is 11.5 Å². The minimum Gasteiger partial charge on any atom is -0.379 e. The van der Waals surface area contributed by atoms with Crippen molar-refractivity contribution < 1.29 is 0 Å². The summed E-state index contributed by atoms with van der Waals surface area (Å²) in [5.74, 6) is 1.01. The Labute approximate surface area is 166 Å². The largest absolute Gasteiger partial charge is 0.379 e. The van der Waals surface area contributed by atoms with E-state index in [1.165, 1.54) is 11.1 Å². The predicted molar refractivity (Wildman–Crippen MR) is 119 cm³/mol. The van der Waals surface area contributed by atoms with Gasteiger partial charge in [0.1, 0.15) is 0 Å². The first kappa shape index (κ1) is 21.0. The van der Waals surface area contributed by atoms with Gasteiger partial charge in [-0.05, 0) is 34.1 Å². The maximum atomic E-state index is 5.78. The van der Waals surface area contributed by atoms with Gasteiger partial charge in [-0.1, -0.05) is 76.2 Å². The average Bonchev–Trinajstić information content (AvgIpc) is 2.68. The standard InChI is InChI=1S/C22H28N6/c1-15(2)19-9-5-17(6-10-19)13-25-27-21(23)22(24)28-26-14-18-7-11-20(12-8-18)16(3)4/h5-16H,1-4H3,(H2,23,27)(H2,24,28). The van der Waals surface area contributed by atoms with Gasteiger partial charge in [0.15, 0.2) is 11.7 Å². The molecular formula is C22H28N6. The predicted octanol–water partition coefficient (Wildman–Crippen LogP) is 4.02. The lowest BCUT2D eigenvalue weighted by molar-refractivity contribution is 0.866. The molecule has 0 bridgehead atoms. The lowest BCUT2D eigenvalue weighted by Crippen LogP contribution is -2.30. The summed E-state index contributed by atoms with van der Waals surface area (Å²) in [6.07, 6.45) is 3.23. The number of amidine groups is 2. The molecule has 2 rings (SSSR count). The summed E-state index contributed by atoms with van der Waals surface area (Å²) in [6, 6.07) is 16.2. The number of nitrogens with zero attached hydrogens (tertiary/aromatic N) is 4. The van der Waals surface area contributed by atoms with Crippen LogP contribution in [0.3, 0.4) is 0 Å². The lowest BCUT2D eigenvalue weighted by Gasteiger charge is -2.04. The van der Waals surface area contributed by atoms with Crippen LogP contribution in [0.15, 0.2) is 68.9 Å². The van der Waals surface area contributed by atoms with Gasteiger partial charge in [-0.25, -0.2) is 0 Å². The van der Waals surface area contributed by atoms with Crippen molar-refractivity contribution in [3.8, 4) is 0 Å². The normalized spacial score (nSPS) is 13.4. The minimum absolute atomic E-state index is 0.0161. The van der Waals surface area contributed by atoms with E-state index < -0.39 is 0 Å². The molecule has 0 spiro atoms. The second kappa shape index (κ2) is 10.2. The number of nitrogens with two attached hydrogens (primary N) is 2. The number of benzene rings is 2. The maximum absolute atomic E-state index is 5.78. The molecule has 0 aromatic heterocycles. The Hall–Kier alpha value is -3.28. The van der Waals surface area contributed by atoms with Gasteiger partial charge in [0.25, 0.3) is 0 Å². The fourth-order valence-electron chi connectivity index (χ4n) is 2.35. The van der Waals surface area contributed by atoms with Crippen LogP contribution in [0, 0.1) is 0 Å². The van der Waals surface area contributed by atoms with E-state index in [9.17, 15) is 0 Å². The number of hydrogen-bond donors (Lipinski definition) is 2. The van der Waals surface area contributed by atoms with E-state index in [1.54, 1.807) is 12.4 Å². The zero-order valence-corrected chi connectivity index (χ0v) is 16.9. The van der Waals surface area contributed by atoms with Crippen LogP contribution in [0.1, 0.15) is 61.8 Å². The fraction of sp³-hybridized carbons (Fsp3) is 0.273. The molecule has 0 saturated carbocycles. The van der Waals surface area contributed by atoms with Crippen molar-refractivity contribution in [3.63, 3.8) is 0 Å². The third-order valence-corrected chi connectivity index (χ3v) is 4.21. The monoisotopic (exact) mass is 376 g/mol. The zero-order valence-electron chi connectivity index (χ0n) is 16.9. The first-order valence-electron chi connectivity index (χ1n) is 9.30. The summed E-state index contributed by atoms with van der Waals surface area (Å²) < 4.78 is 0. The highest BCUT2D eigenvalue weighted by Crippen LogP contribution is 2.14. The molecule has 2 aromatic carbocycles. The Balaban J connectivity index is 1.97. The molecule has 0 aliphatic heterocycles. The summed E-state index contributed by atoms with van der Waals surface area (Å²) in [5, 5.41) is 15.6. The van der Waals surface area contributed by atoms with Crippen LogP contribution in [-0.4, -0.2) is 24.1 Å². The van der Waals surface area contributed by atoms with Crippen molar-refractivity contribution in [2.45, 2.75) is 39.5 Å². The summed E-state index contributed by atoms with van der Waals surface area (Å²) in [5.41, 5.74) is 16.0. The first-order valence-corrected chi connectivity index (χ1v) is 9.30. The van der Waals surface area contributed by atoms with Gasteiger partial charge in [-0.2, -0.15) is 10.2 Å². The lowest BCUT2D eigenvalue weighted by atomic mass is 10.0. The van der Waals surface area contributed by atoms with Gasteiger partial charge >= 0.3 is 0 Å². The Morgan fingerprint density at radius 1 is 0.643 bits per heavy atom. The molecule has 0 aliphatic rings. The molecule has 6 heteroatoms. The zero-order chi connectivity index (χ0) is 20.5. The molecule has 0 radical (unpaired) electrons. The van der Waals surface area contributed by atoms with Crippen LogP contribution in [0.4, 0.5) is 0 Å². The molecule has 4 N–H and O–H groups in total. The third kappa shape index (κ3) is 6.46.